The molecule has 0 aromatic carbocycles. The summed E-state index contributed by atoms with van der Waals surface area (Å²) >= 11 is 0. The Labute approximate surface area is 86.2 Å². The molecule has 14 heavy (non-hydrogen) atoms. The standard InChI is InChI=1S/C11H21NO2/c1-3-4-5-6-10(2)7-11(8-13)12-9-14/h6,9,11,13H,3-5,7-8H2,1-2H3,(H,12,14)/b10-6+/t11-/m1/s1. The average molecular weight is 199 g/mol. The van der Waals surface area contributed by atoms with E-state index in [1.807, 2.05) is 6.92 Å². The highest BCUT2D eigenvalue weighted by Crippen LogP contribution is 2.07. The Bertz CT molecular complexity index is 178. The van der Waals surface area contributed by atoms with Gasteiger partial charge in [0.05, 0.1) is 12.6 Å². The lowest BCUT2D eigenvalue weighted by Gasteiger charge is -2.12. The minimum atomic E-state index is -0.134. The second-order valence-electron chi connectivity index (χ2n) is 3.56. The lowest BCUT2D eigenvalue weighted by molar-refractivity contribution is -0.110. The summed E-state index contributed by atoms with van der Waals surface area (Å²) in [5, 5.41) is 11.5. The normalized spacial score (nSPS) is 13.8. The molecule has 82 valence electrons. The van der Waals surface area contributed by atoms with Crippen molar-refractivity contribution in [3.63, 3.8) is 0 Å². The van der Waals surface area contributed by atoms with Gasteiger partial charge in [-0.25, -0.2) is 0 Å². The molecule has 3 nitrogen and oxygen atoms in total. The van der Waals surface area contributed by atoms with E-state index in [4.69, 9.17) is 5.11 Å². The van der Waals surface area contributed by atoms with E-state index in [2.05, 4.69) is 18.3 Å². The van der Waals surface area contributed by atoms with Crippen LogP contribution in [0.25, 0.3) is 0 Å². The summed E-state index contributed by atoms with van der Waals surface area (Å²) in [6, 6.07) is -0.134. The summed E-state index contributed by atoms with van der Waals surface area (Å²) in [4.78, 5) is 10.2. The van der Waals surface area contributed by atoms with Crippen LogP contribution in [-0.2, 0) is 4.79 Å². The zero-order valence-electron chi connectivity index (χ0n) is 9.12. The number of hydrogen-bond donors (Lipinski definition) is 2. The van der Waals surface area contributed by atoms with Gasteiger partial charge in [0.1, 0.15) is 0 Å². The molecule has 2 N–H and O–H groups in total. The molecule has 0 bridgehead atoms. The molecule has 0 aliphatic rings. The van der Waals surface area contributed by atoms with Crippen LogP contribution >= 0.6 is 0 Å². The Hall–Kier alpha value is -0.830. The number of nitrogens with one attached hydrogen (secondary N) is 1. The van der Waals surface area contributed by atoms with Crippen LogP contribution < -0.4 is 5.32 Å². The first-order chi connectivity index (χ1) is 6.74. The fourth-order valence-electron chi connectivity index (χ4n) is 1.30. The number of aliphatic hydroxyl groups excluding tert-OH is 1. The van der Waals surface area contributed by atoms with Gasteiger partial charge in [-0.2, -0.15) is 0 Å². The number of aliphatic hydroxyl groups is 1. The van der Waals surface area contributed by atoms with Gasteiger partial charge in [0.25, 0.3) is 0 Å². The molecule has 0 radical (unpaired) electrons. The van der Waals surface area contributed by atoms with E-state index in [0.29, 0.717) is 6.41 Å². The quantitative estimate of drug-likeness (QED) is 0.354. The topological polar surface area (TPSA) is 49.3 Å². The second kappa shape index (κ2) is 8.75. The Morgan fingerprint density at radius 2 is 2.29 bits per heavy atom. The second-order valence-corrected chi connectivity index (χ2v) is 3.56. The maximum absolute atomic E-state index is 10.2. The van der Waals surface area contributed by atoms with Gasteiger partial charge < -0.3 is 10.4 Å². The molecule has 1 atom stereocenters. The molecule has 0 aromatic rings. The molecule has 0 aliphatic carbocycles. The summed E-state index contributed by atoms with van der Waals surface area (Å²) < 4.78 is 0. The summed E-state index contributed by atoms with van der Waals surface area (Å²) in [7, 11) is 0. The molecular weight excluding hydrogens is 178 g/mol. The number of unbranched alkanes of at least 4 members (excludes halogenated alkanes) is 2. The van der Waals surface area contributed by atoms with Crippen LogP contribution in [0.3, 0.4) is 0 Å². The predicted molar refractivity (Wildman–Crippen MR) is 58.0 cm³/mol. The highest BCUT2D eigenvalue weighted by molar-refractivity contribution is 5.46. The molecule has 0 heterocycles. The Kier molecular flexibility index (Phi) is 8.24. The Balaban J connectivity index is 3.81. The molecule has 0 spiro atoms. The van der Waals surface area contributed by atoms with E-state index in [1.165, 1.54) is 18.4 Å². The number of carbonyl (C=O) groups excluding carboxylic acids is 1. The van der Waals surface area contributed by atoms with Gasteiger partial charge in [-0.1, -0.05) is 31.4 Å². The van der Waals surface area contributed by atoms with Gasteiger partial charge in [0.2, 0.25) is 6.41 Å². The number of amides is 1. The molecule has 0 saturated heterocycles. The molecule has 0 aliphatic heterocycles. The smallest absolute Gasteiger partial charge is 0.207 e. The van der Waals surface area contributed by atoms with Crippen LogP contribution in [0.4, 0.5) is 0 Å². The highest BCUT2D eigenvalue weighted by atomic mass is 16.3. The van der Waals surface area contributed by atoms with E-state index < -0.39 is 0 Å². The van der Waals surface area contributed by atoms with Gasteiger partial charge in [0, 0.05) is 0 Å². The van der Waals surface area contributed by atoms with Crippen molar-refractivity contribution < 1.29 is 9.90 Å². The van der Waals surface area contributed by atoms with Crippen LogP contribution in [0.2, 0.25) is 0 Å². The van der Waals surface area contributed by atoms with E-state index >= 15 is 0 Å². The Morgan fingerprint density at radius 1 is 1.57 bits per heavy atom. The molecule has 1 amide bonds. The van der Waals surface area contributed by atoms with Crippen molar-refractivity contribution in [3.8, 4) is 0 Å². The predicted octanol–water partition coefficient (Wildman–Crippen LogP) is 1.62. The van der Waals surface area contributed by atoms with Crippen molar-refractivity contribution in [1.29, 1.82) is 0 Å². The van der Waals surface area contributed by atoms with E-state index in [1.54, 1.807) is 0 Å². The van der Waals surface area contributed by atoms with Crippen LogP contribution in [0, 0.1) is 0 Å². The largest absolute Gasteiger partial charge is 0.394 e. The first-order valence-electron chi connectivity index (χ1n) is 5.20. The molecule has 0 fully saturated rings. The Morgan fingerprint density at radius 3 is 2.79 bits per heavy atom. The first-order valence-corrected chi connectivity index (χ1v) is 5.20. The summed E-state index contributed by atoms with van der Waals surface area (Å²) in [6.45, 7) is 4.19. The van der Waals surface area contributed by atoms with Crippen molar-refractivity contribution in [1.82, 2.24) is 5.32 Å². The molecule has 3 heteroatoms. The van der Waals surface area contributed by atoms with Crippen molar-refractivity contribution in [2.45, 2.75) is 45.6 Å². The van der Waals surface area contributed by atoms with Crippen molar-refractivity contribution in [2.24, 2.45) is 0 Å². The van der Waals surface area contributed by atoms with Gasteiger partial charge >= 0.3 is 0 Å². The third-order valence-electron chi connectivity index (χ3n) is 2.14. The molecule has 0 rings (SSSR count). The number of hydrogen-bond acceptors (Lipinski definition) is 2. The van der Waals surface area contributed by atoms with Crippen LogP contribution in [0.5, 0.6) is 0 Å². The minimum absolute atomic E-state index is 0.00228. The van der Waals surface area contributed by atoms with Crippen molar-refractivity contribution in [2.75, 3.05) is 6.61 Å². The SMILES string of the molecule is CCCC/C=C(\C)C[C@H](CO)NC=O. The van der Waals surface area contributed by atoms with E-state index in [9.17, 15) is 4.79 Å². The summed E-state index contributed by atoms with van der Waals surface area (Å²) in [5.41, 5.74) is 1.23. The number of rotatable bonds is 8. The molecule has 0 unspecified atom stereocenters. The third kappa shape index (κ3) is 6.66. The summed E-state index contributed by atoms with van der Waals surface area (Å²) in [6.07, 6.45) is 7.03. The third-order valence-corrected chi connectivity index (χ3v) is 2.14. The van der Waals surface area contributed by atoms with Gasteiger partial charge in [-0.05, 0) is 19.8 Å². The monoisotopic (exact) mass is 199 g/mol. The average Bonchev–Trinajstić information content (AvgIpc) is 2.17. The molecule has 0 aromatic heterocycles. The number of carbonyl (C=O) groups is 1. The lowest BCUT2D eigenvalue weighted by Crippen LogP contribution is -2.31. The van der Waals surface area contributed by atoms with Crippen molar-refractivity contribution in [3.05, 3.63) is 11.6 Å². The van der Waals surface area contributed by atoms with Gasteiger partial charge in [-0.3, -0.25) is 4.79 Å². The zero-order chi connectivity index (χ0) is 10.8. The maximum atomic E-state index is 10.2. The first kappa shape index (κ1) is 13.2. The zero-order valence-corrected chi connectivity index (χ0v) is 9.12. The van der Waals surface area contributed by atoms with Crippen LogP contribution in [-0.4, -0.2) is 24.2 Å². The fourth-order valence-corrected chi connectivity index (χ4v) is 1.30. The minimum Gasteiger partial charge on any atom is -0.394 e. The van der Waals surface area contributed by atoms with E-state index in [-0.39, 0.29) is 12.6 Å². The van der Waals surface area contributed by atoms with Crippen LogP contribution in [0.1, 0.15) is 39.5 Å². The highest BCUT2D eigenvalue weighted by Gasteiger charge is 2.05. The van der Waals surface area contributed by atoms with Crippen LogP contribution in [0.15, 0.2) is 11.6 Å². The molecular formula is C11H21NO2. The maximum Gasteiger partial charge on any atom is 0.207 e. The lowest BCUT2D eigenvalue weighted by atomic mass is 10.1. The van der Waals surface area contributed by atoms with Crippen molar-refractivity contribution >= 4 is 6.41 Å². The fraction of sp³-hybridized carbons (Fsp3) is 0.727. The summed E-state index contributed by atoms with van der Waals surface area (Å²) in [5.74, 6) is 0. The number of allylic oxidation sites excluding steroid dienone is 1. The van der Waals surface area contributed by atoms with Gasteiger partial charge in [-0.15, -0.1) is 0 Å². The van der Waals surface area contributed by atoms with E-state index in [0.717, 1.165) is 12.8 Å². The molecule has 0 saturated carbocycles. The van der Waals surface area contributed by atoms with Gasteiger partial charge in [0.15, 0.2) is 0 Å².